The van der Waals surface area contributed by atoms with Crippen molar-refractivity contribution in [2.24, 2.45) is 5.92 Å². The molecule has 1 aliphatic carbocycles. The summed E-state index contributed by atoms with van der Waals surface area (Å²) in [5.41, 5.74) is 1.10. The fraction of sp³-hybridized carbons (Fsp3) is 0.462. The number of nitriles is 1. The van der Waals surface area contributed by atoms with Gasteiger partial charge in [-0.1, -0.05) is 6.92 Å². The smallest absolute Gasteiger partial charge is 0.259 e. The van der Waals surface area contributed by atoms with Gasteiger partial charge in [-0.25, -0.2) is 4.98 Å². The van der Waals surface area contributed by atoms with Gasteiger partial charge in [-0.3, -0.25) is 4.79 Å². The molecule has 0 amide bonds. The fourth-order valence-electron chi connectivity index (χ4n) is 2.55. The number of hydrogen-bond acceptors (Lipinski definition) is 4. The first kappa shape index (κ1) is 11.4. The molecular weight excluding hydrogens is 246 g/mol. The van der Waals surface area contributed by atoms with Crippen molar-refractivity contribution in [1.82, 2.24) is 9.97 Å². The van der Waals surface area contributed by atoms with Gasteiger partial charge in [0, 0.05) is 4.88 Å². The van der Waals surface area contributed by atoms with Crippen LogP contribution in [0.15, 0.2) is 4.79 Å². The van der Waals surface area contributed by atoms with Crippen molar-refractivity contribution in [3.05, 3.63) is 26.6 Å². The lowest BCUT2D eigenvalue weighted by Gasteiger charge is -2.17. The molecule has 18 heavy (non-hydrogen) atoms. The molecule has 0 saturated carbocycles. The summed E-state index contributed by atoms with van der Waals surface area (Å²) >= 11 is 1.62. The van der Waals surface area contributed by atoms with Crippen molar-refractivity contribution >= 4 is 21.6 Å². The topological polar surface area (TPSA) is 69.5 Å². The maximum atomic E-state index is 12.1. The standard InChI is InChI=1S/C13H13N3OS/c1-7-2-3-8-9(6-7)18-13-11(8)12(17)15-10(16-13)4-5-14/h7H,2-4,6H2,1H3,(H,15,16,17)/t7-/m1/s1. The highest BCUT2D eigenvalue weighted by Crippen LogP contribution is 2.35. The molecule has 0 aliphatic heterocycles. The van der Waals surface area contributed by atoms with E-state index in [4.69, 9.17) is 5.26 Å². The number of aromatic amines is 1. The lowest BCUT2D eigenvalue weighted by Crippen LogP contribution is -2.14. The van der Waals surface area contributed by atoms with Crippen molar-refractivity contribution in [3.8, 4) is 6.07 Å². The first-order valence-corrected chi connectivity index (χ1v) is 6.91. The van der Waals surface area contributed by atoms with Crippen LogP contribution in [0.1, 0.15) is 29.6 Å². The van der Waals surface area contributed by atoms with Crippen LogP contribution in [0.2, 0.25) is 0 Å². The predicted octanol–water partition coefficient (Wildman–Crippen LogP) is 2.18. The summed E-state index contributed by atoms with van der Waals surface area (Å²) in [5.74, 6) is 1.16. The average molecular weight is 259 g/mol. The molecule has 5 heteroatoms. The number of nitrogens with zero attached hydrogens (tertiary/aromatic N) is 2. The van der Waals surface area contributed by atoms with Crippen LogP contribution in [0.25, 0.3) is 10.2 Å². The molecule has 2 heterocycles. The Hall–Kier alpha value is -1.67. The monoisotopic (exact) mass is 259 g/mol. The second-order valence-electron chi connectivity index (χ2n) is 4.88. The molecule has 0 radical (unpaired) electrons. The molecule has 0 saturated heterocycles. The summed E-state index contributed by atoms with van der Waals surface area (Å²) in [7, 11) is 0. The predicted molar refractivity (Wildman–Crippen MR) is 70.7 cm³/mol. The second-order valence-corrected chi connectivity index (χ2v) is 5.96. The van der Waals surface area contributed by atoms with E-state index < -0.39 is 0 Å². The number of thiophene rings is 1. The van der Waals surface area contributed by atoms with Crippen molar-refractivity contribution in [1.29, 1.82) is 5.26 Å². The van der Waals surface area contributed by atoms with Gasteiger partial charge in [-0.15, -0.1) is 11.3 Å². The number of H-pyrrole nitrogens is 1. The maximum absolute atomic E-state index is 12.1. The fourth-order valence-corrected chi connectivity index (χ4v) is 3.95. The van der Waals surface area contributed by atoms with Gasteiger partial charge in [0.15, 0.2) is 0 Å². The van der Waals surface area contributed by atoms with Crippen molar-refractivity contribution < 1.29 is 0 Å². The summed E-state index contributed by atoms with van der Waals surface area (Å²) in [6.45, 7) is 2.24. The molecule has 0 fully saturated rings. The summed E-state index contributed by atoms with van der Waals surface area (Å²) in [6, 6.07) is 2.02. The Balaban J connectivity index is 2.23. The van der Waals surface area contributed by atoms with E-state index in [1.54, 1.807) is 11.3 Å². The van der Waals surface area contributed by atoms with E-state index in [1.807, 2.05) is 6.07 Å². The SMILES string of the molecule is C[C@@H]1CCc2c(sc3nc(CC#N)[nH]c(=O)c23)C1. The molecular formula is C13H13N3OS. The summed E-state index contributed by atoms with van der Waals surface area (Å²) < 4.78 is 0. The highest BCUT2D eigenvalue weighted by atomic mass is 32.1. The summed E-state index contributed by atoms with van der Waals surface area (Å²) in [6.07, 6.45) is 3.31. The molecule has 2 aromatic heterocycles. The zero-order valence-electron chi connectivity index (χ0n) is 10.1. The Kier molecular flexibility index (Phi) is 2.67. The molecule has 1 aliphatic rings. The molecule has 3 rings (SSSR count). The van der Waals surface area contributed by atoms with E-state index in [-0.39, 0.29) is 12.0 Å². The summed E-state index contributed by atoms with van der Waals surface area (Å²) in [4.78, 5) is 21.3. The number of aromatic nitrogens is 2. The third-order valence-corrected chi connectivity index (χ3v) is 4.61. The highest BCUT2D eigenvalue weighted by Gasteiger charge is 2.22. The molecule has 0 aromatic carbocycles. The van der Waals surface area contributed by atoms with Crippen LogP contribution in [0.3, 0.4) is 0 Å². The average Bonchev–Trinajstić information content (AvgIpc) is 2.66. The molecule has 2 aromatic rings. The second kappa shape index (κ2) is 4.21. The van der Waals surface area contributed by atoms with E-state index in [2.05, 4.69) is 16.9 Å². The lowest BCUT2D eigenvalue weighted by molar-refractivity contribution is 0.509. The minimum absolute atomic E-state index is 0.0858. The minimum atomic E-state index is -0.0858. The molecule has 0 spiro atoms. The first-order valence-electron chi connectivity index (χ1n) is 6.09. The van der Waals surface area contributed by atoms with Crippen LogP contribution in [-0.4, -0.2) is 9.97 Å². The van der Waals surface area contributed by atoms with Crippen molar-refractivity contribution in [3.63, 3.8) is 0 Å². The van der Waals surface area contributed by atoms with Gasteiger partial charge in [0.25, 0.3) is 5.56 Å². The van der Waals surface area contributed by atoms with Gasteiger partial charge < -0.3 is 4.98 Å². The normalized spacial score (nSPS) is 18.6. The van der Waals surface area contributed by atoms with E-state index in [0.717, 1.165) is 29.5 Å². The van der Waals surface area contributed by atoms with Crippen LogP contribution < -0.4 is 5.56 Å². The largest absolute Gasteiger partial charge is 0.309 e. The van der Waals surface area contributed by atoms with Gasteiger partial charge in [0.1, 0.15) is 10.7 Å². The Morgan fingerprint density at radius 2 is 2.44 bits per heavy atom. The van der Waals surface area contributed by atoms with Gasteiger partial charge in [0.2, 0.25) is 0 Å². The van der Waals surface area contributed by atoms with Crippen LogP contribution in [0, 0.1) is 17.2 Å². The number of aryl methyl sites for hydroxylation is 1. The molecule has 0 bridgehead atoms. The molecule has 0 unspecified atom stereocenters. The Bertz CT molecular complexity index is 707. The highest BCUT2D eigenvalue weighted by molar-refractivity contribution is 7.18. The van der Waals surface area contributed by atoms with E-state index >= 15 is 0 Å². The minimum Gasteiger partial charge on any atom is -0.309 e. The van der Waals surface area contributed by atoms with Crippen LogP contribution in [0.5, 0.6) is 0 Å². The van der Waals surface area contributed by atoms with Gasteiger partial charge >= 0.3 is 0 Å². The third-order valence-electron chi connectivity index (χ3n) is 3.46. The molecule has 1 atom stereocenters. The van der Waals surface area contributed by atoms with E-state index in [0.29, 0.717) is 11.7 Å². The Morgan fingerprint density at radius 1 is 1.61 bits per heavy atom. The number of rotatable bonds is 1. The molecule has 92 valence electrons. The Labute approximate surface area is 108 Å². The van der Waals surface area contributed by atoms with E-state index in [9.17, 15) is 4.79 Å². The van der Waals surface area contributed by atoms with E-state index in [1.165, 1.54) is 10.4 Å². The zero-order valence-corrected chi connectivity index (χ0v) is 10.9. The maximum Gasteiger partial charge on any atom is 0.259 e. The van der Waals surface area contributed by atoms with Gasteiger partial charge in [0.05, 0.1) is 17.9 Å². The zero-order chi connectivity index (χ0) is 12.7. The van der Waals surface area contributed by atoms with Gasteiger partial charge in [-0.2, -0.15) is 5.26 Å². The van der Waals surface area contributed by atoms with Crippen molar-refractivity contribution in [2.75, 3.05) is 0 Å². The Morgan fingerprint density at radius 3 is 3.22 bits per heavy atom. The quantitative estimate of drug-likeness (QED) is 0.853. The van der Waals surface area contributed by atoms with Crippen LogP contribution in [0.4, 0.5) is 0 Å². The van der Waals surface area contributed by atoms with Crippen molar-refractivity contribution in [2.45, 2.75) is 32.6 Å². The number of nitrogens with one attached hydrogen (secondary N) is 1. The number of fused-ring (bicyclic) bond motifs is 3. The lowest BCUT2D eigenvalue weighted by atomic mass is 9.89. The van der Waals surface area contributed by atoms with Gasteiger partial charge in [-0.05, 0) is 30.7 Å². The van der Waals surface area contributed by atoms with Crippen LogP contribution in [-0.2, 0) is 19.3 Å². The van der Waals surface area contributed by atoms with Crippen LogP contribution >= 0.6 is 11.3 Å². The third kappa shape index (κ3) is 1.73. The first-order chi connectivity index (χ1) is 8.69. The molecule has 4 nitrogen and oxygen atoms in total. The summed E-state index contributed by atoms with van der Waals surface area (Å²) in [5, 5.41) is 9.42. The number of hydrogen-bond donors (Lipinski definition) is 1. The molecule has 1 N–H and O–H groups in total.